The maximum atomic E-state index is 11.7. The molecule has 0 bridgehead atoms. The van der Waals surface area contributed by atoms with Crippen molar-refractivity contribution in [3.8, 4) is 0 Å². The molecule has 3 nitrogen and oxygen atoms in total. The van der Waals surface area contributed by atoms with Crippen LogP contribution in [0.3, 0.4) is 0 Å². The molecule has 0 aromatic carbocycles. The second-order valence-electron chi connectivity index (χ2n) is 4.56. The van der Waals surface area contributed by atoms with E-state index in [1.807, 2.05) is 0 Å². The quantitative estimate of drug-likeness (QED) is 0.614. The molecule has 0 radical (unpaired) electrons. The summed E-state index contributed by atoms with van der Waals surface area (Å²) in [5.74, 6) is 0. The molecule has 1 fully saturated rings. The lowest BCUT2D eigenvalue weighted by Gasteiger charge is -2.14. The first-order valence-electron chi connectivity index (χ1n) is 6.08. The van der Waals surface area contributed by atoms with Crippen LogP contribution < -0.4 is 10.6 Å². The molecule has 1 aliphatic rings. The van der Waals surface area contributed by atoms with E-state index in [-0.39, 0.29) is 6.61 Å². The number of nitrogens with one attached hydrogen (secondary N) is 2. The average molecular weight is 254 g/mol. The van der Waals surface area contributed by atoms with Crippen LogP contribution in [-0.4, -0.2) is 44.6 Å². The predicted molar refractivity (Wildman–Crippen MR) is 60.0 cm³/mol. The van der Waals surface area contributed by atoms with Gasteiger partial charge in [0, 0.05) is 25.2 Å². The van der Waals surface area contributed by atoms with Gasteiger partial charge in [-0.1, -0.05) is 0 Å². The largest absolute Gasteiger partial charge is 0.411 e. The SMILES string of the molecule is CC(CNC1CC1)NCCCOCC(F)(F)F. The van der Waals surface area contributed by atoms with E-state index in [4.69, 9.17) is 0 Å². The molecule has 0 amide bonds. The van der Waals surface area contributed by atoms with Crippen molar-refractivity contribution in [1.82, 2.24) is 10.6 Å². The molecule has 1 rings (SSSR count). The summed E-state index contributed by atoms with van der Waals surface area (Å²) in [5.41, 5.74) is 0. The zero-order valence-electron chi connectivity index (χ0n) is 10.1. The maximum Gasteiger partial charge on any atom is 0.411 e. The van der Waals surface area contributed by atoms with Crippen LogP contribution in [0.15, 0.2) is 0 Å². The van der Waals surface area contributed by atoms with Crippen LogP contribution >= 0.6 is 0 Å². The normalized spacial score (nSPS) is 18.4. The molecular weight excluding hydrogens is 233 g/mol. The molecule has 0 spiro atoms. The molecule has 1 saturated carbocycles. The summed E-state index contributed by atoms with van der Waals surface area (Å²) >= 11 is 0. The van der Waals surface area contributed by atoms with Crippen LogP contribution in [0.5, 0.6) is 0 Å². The lowest BCUT2D eigenvalue weighted by Crippen LogP contribution is -2.37. The molecule has 0 heterocycles. The molecule has 2 N–H and O–H groups in total. The summed E-state index contributed by atoms with van der Waals surface area (Å²) in [6.45, 7) is 2.66. The molecular formula is C11H21F3N2O. The zero-order chi connectivity index (χ0) is 12.7. The molecule has 1 atom stereocenters. The highest BCUT2D eigenvalue weighted by Gasteiger charge is 2.27. The van der Waals surface area contributed by atoms with Crippen molar-refractivity contribution >= 4 is 0 Å². The third-order valence-electron chi connectivity index (χ3n) is 2.51. The van der Waals surface area contributed by atoms with Gasteiger partial charge < -0.3 is 15.4 Å². The molecule has 0 aliphatic heterocycles. The second kappa shape index (κ2) is 7.18. The fourth-order valence-electron chi connectivity index (χ4n) is 1.41. The second-order valence-corrected chi connectivity index (χ2v) is 4.56. The van der Waals surface area contributed by atoms with Gasteiger partial charge in [-0.2, -0.15) is 13.2 Å². The first kappa shape index (κ1) is 14.7. The number of hydrogen-bond acceptors (Lipinski definition) is 3. The fourth-order valence-corrected chi connectivity index (χ4v) is 1.41. The molecule has 1 aliphatic carbocycles. The number of rotatable bonds is 9. The van der Waals surface area contributed by atoms with Crippen molar-refractivity contribution < 1.29 is 17.9 Å². The van der Waals surface area contributed by atoms with Crippen LogP contribution in [0, 0.1) is 0 Å². The third-order valence-corrected chi connectivity index (χ3v) is 2.51. The molecule has 17 heavy (non-hydrogen) atoms. The number of hydrogen-bond donors (Lipinski definition) is 2. The molecule has 1 unspecified atom stereocenters. The van der Waals surface area contributed by atoms with Crippen molar-refractivity contribution in [1.29, 1.82) is 0 Å². The molecule has 0 aromatic heterocycles. The summed E-state index contributed by atoms with van der Waals surface area (Å²) in [5, 5.41) is 6.63. The van der Waals surface area contributed by atoms with Crippen LogP contribution in [0.1, 0.15) is 26.2 Å². The average Bonchev–Trinajstić information content (AvgIpc) is 3.02. The van der Waals surface area contributed by atoms with Gasteiger partial charge in [0.15, 0.2) is 0 Å². The van der Waals surface area contributed by atoms with E-state index < -0.39 is 12.8 Å². The van der Waals surface area contributed by atoms with Gasteiger partial charge in [0.05, 0.1) is 0 Å². The predicted octanol–water partition coefficient (Wildman–Crippen LogP) is 1.69. The van der Waals surface area contributed by atoms with Crippen LogP contribution in [0.25, 0.3) is 0 Å². The monoisotopic (exact) mass is 254 g/mol. The van der Waals surface area contributed by atoms with Gasteiger partial charge in [0.25, 0.3) is 0 Å². The Hall–Kier alpha value is -0.330. The maximum absolute atomic E-state index is 11.7. The fraction of sp³-hybridized carbons (Fsp3) is 1.00. The molecule has 0 saturated heterocycles. The van der Waals surface area contributed by atoms with E-state index in [1.165, 1.54) is 12.8 Å². The number of ether oxygens (including phenoxy) is 1. The Morgan fingerprint density at radius 1 is 1.35 bits per heavy atom. The Morgan fingerprint density at radius 2 is 2.06 bits per heavy atom. The van der Waals surface area contributed by atoms with Crippen molar-refractivity contribution in [2.45, 2.75) is 44.4 Å². The standard InChI is InChI=1S/C11H21F3N2O/c1-9(7-16-10-3-4-10)15-5-2-6-17-8-11(12,13)14/h9-10,15-16H,2-8H2,1H3. The Kier molecular flexibility index (Phi) is 6.22. The van der Waals surface area contributed by atoms with E-state index >= 15 is 0 Å². The summed E-state index contributed by atoms with van der Waals surface area (Å²) < 4.78 is 39.7. The minimum atomic E-state index is -4.21. The van der Waals surface area contributed by atoms with Crippen LogP contribution in [0.2, 0.25) is 0 Å². The lowest BCUT2D eigenvalue weighted by atomic mass is 10.3. The van der Waals surface area contributed by atoms with Crippen molar-refractivity contribution in [3.05, 3.63) is 0 Å². The van der Waals surface area contributed by atoms with E-state index in [9.17, 15) is 13.2 Å². The smallest absolute Gasteiger partial charge is 0.372 e. The highest BCUT2D eigenvalue weighted by atomic mass is 19.4. The van der Waals surface area contributed by atoms with Gasteiger partial charge in [0.2, 0.25) is 0 Å². The van der Waals surface area contributed by atoms with Gasteiger partial charge in [0.1, 0.15) is 6.61 Å². The van der Waals surface area contributed by atoms with Crippen molar-refractivity contribution in [3.63, 3.8) is 0 Å². The lowest BCUT2D eigenvalue weighted by molar-refractivity contribution is -0.173. The minimum absolute atomic E-state index is 0.148. The Labute approximate surface area is 100 Å². The first-order valence-corrected chi connectivity index (χ1v) is 6.08. The van der Waals surface area contributed by atoms with Gasteiger partial charge in [-0.05, 0) is 32.7 Å². The minimum Gasteiger partial charge on any atom is -0.372 e. The Morgan fingerprint density at radius 3 is 2.65 bits per heavy atom. The van der Waals surface area contributed by atoms with E-state index in [1.54, 1.807) is 0 Å². The van der Waals surface area contributed by atoms with Gasteiger partial charge in [-0.3, -0.25) is 0 Å². The van der Waals surface area contributed by atoms with E-state index in [0.29, 0.717) is 25.0 Å². The molecule has 0 aromatic rings. The first-order chi connectivity index (χ1) is 7.97. The van der Waals surface area contributed by atoms with E-state index in [2.05, 4.69) is 22.3 Å². The Bertz CT molecular complexity index is 207. The highest BCUT2D eigenvalue weighted by molar-refractivity contribution is 4.82. The highest BCUT2D eigenvalue weighted by Crippen LogP contribution is 2.18. The van der Waals surface area contributed by atoms with Gasteiger partial charge >= 0.3 is 6.18 Å². The number of halogens is 3. The topological polar surface area (TPSA) is 33.3 Å². The van der Waals surface area contributed by atoms with Gasteiger partial charge in [-0.15, -0.1) is 0 Å². The van der Waals surface area contributed by atoms with Crippen LogP contribution in [-0.2, 0) is 4.74 Å². The summed E-state index contributed by atoms with van der Waals surface area (Å²) in [6.07, 6.45) is -1.09. The van der Waals surface area contributed by atoms with Gasteiger partial charge in [-0.25, -0.2) is 0 Å². The van der Waals surface area contributed by atoms with Crippen molar-refractivity contribution in [2.75, 3.05) is 26.3 Å². The van der Waals surface area contributed by atoms with Crippen LogP contribution in [0.4, 0.5) is 13.2 Å². The molecule has 6 heteroatoms. The number of alkyl halides is 3. The Balaban J connectivity index is 1.82. The summed E-state index contributed by atoms with van der Waals surface area (Å²) in [4.78, 5) is 0. The van der Waals surface area contributed by atoms with Crippen molar-refractivity contribution in [2.24, 2.45) is 0 Å². The van der Waals surface area contributed by atoms with E-state index in [0.717, 1.165) is 6.54 Å². The summed E-state index contributed by atoms with van der Waals surface area (Å²) in [6, 6.07) is 1.03. The third kappa shape index (κ3) is 9.38. The summed E-state index contributed by atoms with van der Waals surface area (Å²) in [7, 11) is 0. The molecule has 102 valence electrons. The zero-order valence-corrected chi connectivity index (χ0v) is 10.1.